The molecule has 0 bridgehead atoms. The summed E-state index contributed by atoms with van der Waals surface area (Å²) in [6.45, 7) is 10.3. The van der Waals surface area contributed by atoms with E-state index < -0.39 is 17.6 Å². The first-order chi connectivity index (χ1) is 15.6. The summed E-state index contributed by atoms with van der Waals surface area (Å²) in [6, 6.07) is 6.71. The van der Waals surface area contributed by atoms with Crippen LogP contribution in [-0.2, 0) is 14.3 Å². The van der Waals surface area contributed by atoms with Gasteiger partial charge < -0.3 is 25.0 Å². The van der Waals surface area contributed by atoms with Gasteiger partial charge in [0.05, 0.1) is 18.7 Å². The first-order valence-electron chi connectivity index (χ1n) is 11.2. The molecule has 180 valence electrons. The first kappa shape index (κ1) is 24.6. The van der Waals surface area contributed by atoms with Gasteiger partial charge in [0, 0.05) is 38.4 Å². The molecule has 1 atom stereocenters. The van der Waals surface area contributed by atoms with Gasteiger partial charge in [-0.15, -0.1) is 0 Å². The number of benzene rings is 1. The number of carbonyl (C=O) groups excluding carboxylic acids is 3. The molecular formula is C24H34N4O5. The van der Waals surface area contributed by atoms with E-state index in [4.69, 9.17) is 9.47 Å². The highest BCUT2D eigenvalue weighted by molar-refractivity contribution is 5.95. The van der Waals surface area contributed by atoms with E-state index in [-0.39, 0.29) is 12.1 Å². The fourth-order valence-corrected chi connectivity index (χ4v) is 3.96. The number of nitrogens with zero attached hydrogens (tertiary/aromatic N) is 2. The molecule has 3 rings (SSSR count). The number of nitrogens with one attached hydrogen (secondary N) is 2. The number of rotatable bonds is 4. The maximum Gasteiger partial charge on any atom is 0.410 e. The molecule has 1 unspecified atom stereocenters. The third-order valence-electron chi connectivity index (χ3n) is 5.59. The van der Waals surface area contributed by atoms with E-state index in [1.807, 2.05) is 52.0 Å². The molecule has 2 aliphatic heterocycles. The number of amides is 3. The lowest BCUT2D eigenvalue weighted by Crippen LogP contribution is -2.48. The van der Waals surface area contributed by atoms with Crippen molar-refractivity contribution in [2.24, 2.45) is 0 Å². The summed E-state index contributed by atoms with van der Waals surface area (Å²) in [4.78, 5) is 41.5. The fraction of sp³-hybridized carbons (Fsp3) is 0.542. The maximum absolute atomic E-state index is 12.8. The van der Waals surface area contributed by atoms with Crippen molar-refractivity contribution in [1.29, 1.82) is 0 Å². The van der Waals surface area contributed by atoms with Gasteiger partial charge in [-0.05, 0) is 39.7 Å². The average Bonchev–Trinajstić information content (AvgIpc) is 2.98. The van der Waals surface area contributed by atoms with Crippen LogP contribution in [-0.4, -0.2) is 73.3 Å². The predicted molar refractivity (Wildman–Crippen MR) is 123 cm³/mol. The lowest BCUT2D eigenvalue weighted by Gasteiger charge is -2.31. The molecule has 0 spiro atoms. The second-order valence-corrected chi connectivity index (χ2v) is 9.42. The van der Waals surface area contributed by atoms with E-state index >= 15 is 0 Å². The Morgan fingerprint density at radius 2 is 1.79 bits per heavy atom. The number of aryl methyl sites for hydroxylation is 1. The summed E-state index contributed by atoms with van der Waals surface area (Å²) < 4.78 is 10.6. The summed E-state index contributed by atoms with van der Waals surface area (Å²) in [6.07, 6.45) is 0.432. The molecule has 0 radical (unpaired) electrons. The minimum Gasteiger partial charge on any atom is -0.466 e. The first-order valence-corrected chi connectivity index (χ1v) is 11.2. The predicted octanol–water partition coefficient (Wildman–Crippen LogP) is 2.72. The Morgan fingerprint density at radius 1 is 1.09 bits per heavy atom. The van der Waals surface area contributed by atoms with E-state index in [2.05, 4.69) is 15.5 Å². The zero-order chi connectivity index (χ0) is 24.2. The molecule has 33 heavy (non-hydrogen) atoms. The molecule has 1 saturated heterocycles. The highest BCUT2D eigenvalue weighted by Gasteiger charge is 2.34. The summed E-state index contributed by atoms with van der Waals surface area (Å²) in [7, 11) is 1.33. The van der Waals surface area contributed by atoms with Crippen molar-refractivity contribution in [3.05, 3.63) is 46.7 Å². The van der Waals surface area contributed by atoms with E-state index in [0.29, 0.717) is 37.4 Å². The number of hydrogen-bond donors (Lipinski definition) is 2. The maximum atomic E-state index is 12.8. The van der Waals surface area contributed by atoms with Crippen LogP contribution in [0.25, 0.3) is 0 Å². The minimum absolute atomic E-state index is 0.326. The van der Waals surface area contributed by atoms with Crippen LogP contribution in [0.1, 0.15) is 44.4 Å². The van der Waals surface area contributed by atoms with Gasteiger partial charge in [-0.3, -0.25) is 4.90 Å². The van der Waals surface area contributed by atoms with Crippen LogP contribution in [0.5, 0.6) is 0 Å². The molecule has 1 aromatic carbocycles. The average molecular weight is 459 g/mol. The fourth-order valence-electron chi connectivity index (χ4n) is 3.96. The van der Waals surface area contributed by atoms with Gasteiger partial charge in [0.15, 0.2) is 0 Å². The topological polar surface area (TPSA) is 100 Å². The van der Waals surface area contributed by atoms with Crippen LogP contribution < -0.4 is 10.6 Å². The van der Waals surface area contributed by atoms with Crippen LogP contribution in [0.3, 0.4) is 0 Å². The lowest BCUT2D eigenvalue weighted by atomic mass is 9.94. The van der Waals surface area contributed by atoms with Crippen molar-refractivity contribution < 1.29 is 23.9 Å². The standard InChI is InChI=1S/C24H34N4O5/c1-16-7-9-17(10-8-16)20-19(21(29)32-5)18(25-22(30)26-20)15-27-11-6-12-28(14-13-27)23(31)33-24(2,3)4/h7-10,20H,6,11-15H2,1-5H3,(H2,25,26,30). The smallest absolute Gasteiger partial charge is 0.410 e. The van der Waals surface area contributed by atoms with E-state index in [1.165, 1.54) is 7.11 Å². The number of urea groups is 1. The SMILES string of the molecule is COC(=O)C1=C(CN2CCCN(C(=O)OC(C)(C)C)CC2)NC(=O)NC1c1ccc(C)cc1. The van der Waals surface area contributed by atoms with Crippen molar-refractivity contribution in [1.82, 2.24) is 20.4 Å². The lowest BCUT2D eigenvalue weighted by molar-refractivity contribution is -0.136. The highest BCUT2D eigenvalue weighted by Crippen LogP contribution is 2.28. The Morgan fingerprint density at radius 3 is 2.42 bits per heavy atom. The number of ether oxygens (including phenoxy) is 2. The number of carbonyl (C=O) groups is 3. The molecule has 2 heterocycles. The normalized spacial score (nSPS) is 20.0. The van der Waals surface area contributed by atoms with E-state index in [0.717, 1.165) is 24.1 Å². The minimum atomic E-state index is -0.605. The number of hydrogen-bond acceptors (Lipinski definition) is 6. The van der Waals surface area contributed by atoms with Crippen LogP contribution in [0.15, 0.2) is 35.5 Å². The third-order valence-corrected chi connectivity index (χ3v) is 5.59. The van der Waals surface area contributed by atoms with Crippen LogP contribution in [0.4, 0.5) is 9.59 Å². The molecule has 1 aromatic rings. The van der Waals surface area contributed by atoms with Gasteiger partial charge in [0.2, 0.25) is 0 Å². The Hall–Kier alpha value is -3.07. The van der Waals surface area contributed by atoms with Gasteiger partial charge in [0.1, 0.15) is 5.60 Å². The molecule has 9 nitrogen and oxygen atoms in total. The summed E-state index contributed by atoms with van der Waals surface area (Å²) in [5.41, 5.74) is 2.24. The van der Waals surface area contributed by atoms with Gasteiger partial charge in [-0.25, -0.2) is 14.4 Å². The Balaban J connectivity index is 1.80. The van der Waals surface area contributed by atoms with E-state index in [9.17, 15) is 14.4 Å². The van der Waals surface area contributed by atoms with Crippen molar-refractivity contribution in [2.75, 3.05) is 39.8 Å². The van der Waals surface area contributed by atoms with Gasteiger partial charge in [0.25, 0.3) is 0 Å². The quantitative estimate of drug-likeness (QED) is 0.673. The monoisotopic (exact) mass is 458 g/mol. The zero-order valence-corrected chi connectivity index (χ0v) is 20.1. The zero-order valence-electron chi connectivity index (χ0n) is 20.1. The molecule has 3 amide bonds. The largest absolute Gasteiger partial charge is 0.466 e. The Kier molecular flexibility index (Phi) is 7.63. The molecular weight excluding hydrogens is 424 g/mol. The van der Waals surface area contributed by atoms with Crippen molar-refractivity contribution in [3.63, 3.8) is 0 Å². The second-order valence-electron chi connectivity index (χ2n) is 9.42. The summed E-state index contributed by atoms with van der Waals surface area (Å²) >= 11 is 0. The van der Waals surface area contributed by atoms with Crippen molar-refractivity contribution >= 4 is 18.1 Å². The molecule has 1 fully saturated rings. The van der Waals surface area contributed by atoms with Crippen LogP contribution in [0, 0.1) is 6.92 Å². The molecule has 2 N–H and O–H groups in total. The summed E-state index contributed by atoms with van der Waals surface area (Å²) in [5, 5.41) is 5.65. The van der Waals surface area contributed by atoms with Gasteiger partial charge in [-0.1, -0.05) is 29.8 Å². The molecule has 9 heteroatoms. The van der Waals surface area contributed by atoms with Gasteiger partial charge >= 0.3 is 18.1 Å². The van der Waals surface area contributed by atoms with E-state index in [1.54, 1.807) is 4.90 Å². The summed E-state index contributed by atoms with van der Waals surface area (Å²) in [5.74, 6) is -0.492. The second kappa shape index (κ2) is 10.2. The molecule has 0 saturated carbocycles. The molecule has 0 aliphatic carbocycles. The third kappa shape index (κ3) is 6.47. The number of methoxy groups -OCH3 is 1. The van der Waals surface area contributed by atoms with Crippen LogP contribution in [0.2, 0.25) is 0 Å². The van der Waals surface area contributed by atoms with Crippen LogP contribution >= 0.6 is 0 Å². The Bertz CT molecular complexity index is 920. The van der Waals surface area contributed by atoms with Crippen molar-refractivity contribution in [3.8, 4) is 0 Å². The number of esters is 1. The van der Waals surface area contributed by atoms with Crippen molar-refractivity contribution in [2.45, 2.75) is 45.8 Å². The molecule has 0 aromatic heterocycles. The molecule has 2 aliphatic rings. The highest BCUT2D eigenvalue weighted by atomic mass is 16.6. The Labute approximate surface area is 195 Å². The van der Waals surface area contributed by atoms with Gasteiger partial charge in [-0.2, -0.15) is 0 Å².